The van der Waals surface area contributed by atoms with Crippen molar-refractivity contribution in [3.8, 4) is 0 Å². The highest BCUT2D eigenvalue weighted by molar-refractivity contribution is 7.14. The quantitative estimate of drug-likeness (QED) is 0.786. The van der Waals surface area contributed by atoms with Gasteiger partial charge in [-0.15, -0.1) is 11.3 Å². The summed E-state index contributed by atoms with van der Waals surface area (Å²) < 4.78 is 0.600. The molecule has 3 nitrogen and oxygen atoms in total. The Bertz CT molecular complexity index is 284. The van der Waals surface area contributed by atoms with E-state index >= 15 is 0 Å². The van der Waals surface area contributed by atoms with E-state index in [1.165, 1.54) is 11.3 Å². The smallest absolute Gasteiger partial charge is 0.332 e. The lowest BCUT2D eigenvalue weighted by Crippen LogP contribution is -2.21. The van der Waals surface area contributed by atoms with E-state index in [2.05, 4.69) is 0 Å². The molecule has 1 atom stereocenters. The summed E-state index contributed by atoms with van der Waals surface area (Å²) in [7, 11) is 0. The lowest BCUT2D eigenvalue weighted by molar-refractivity contribution is -0.146. The van der Waals surface area contributed by atoms with Gasteiger partial charge in [0.05, 0.1) is 4.34 Å². The zero-order valence-corrected chi connectivity index (χ0v) is 7.60. The number of halogens is 1. The van der Waals surface area contributed by atoms with Crippen LogP contribution in [-0.2, 0) is 11.2 Å². The summed E-state index contributed by atoms with van der Waals surface area (Å²) in [5.74, 6) is -1.21. The number of carboxylic acids is 1. The molecule has 0 spiro atoms. The van der Waals surface area contributed by atoms with Crippen molar-refractivity contribution in [2.75, 3.05) is 0 Å². The van der Waals surface area contributed by atoms with Crippen LogP contribution in [0.15, 0.2) is 11.4 Å². The summed E-state index contributed by atoms with van der Waals surface area (Å²) in [6.07, 6.45) is -1.23. The minimum Gasteiger partial charge on any atom is -0.479 e. The molecule has 0 aliphatic rings. The number of carboxylic acid groups (broad SMARTS) is 1. The Balaban J connectivity index is 2.58. The van der Waals surface area contributed by atoms with E-state index in [-0.39, 0.29) is 6.42 Å². The Labute approximate surface area is 78.2 Å². The van der Waals surface area contributed by atoms with Crippen molar-refractivity contribution < 1.29 is 15.0 Å². The van der Waals surface area contributed by atoms with Crippen molar-refractivity contribution in [3.63, 3.8) is 0 Å². The van der Waals surface area contributed by atoms with Gasteiger partial charge in [0, 0.05) is 6.42 Å². The van der Waals surface area contributed by atoms with E-state index in [4.69, 9.17) is 21.8 Å². The average molecular weight is 207 g/mol. The molecule has 0 aliphatic heterocycles. The van der Waals surface area contributed by atoms with Gasteiger partial charge in [-0.1, -0.05) is 11.6 Å². The fraction of sp³-hybridized carbons (Fsp3) is 0.286. The molecule has 5 heteroatoms. The van der Waals surface area contributed by atoms with Crippen molar-refractivity contribution >= 4 is 28.9 Å². The third kappa shape index (κ3) is 2.48. The summed E-state index contributed by atoms with van der Waals surface area (Å²) in [4.78, 5) is 10.2. The molecule has 1 heterocycles. The van der Waals surface area contributed by atoms with Gasteiger partial charge in [-0.3, -0.25) is 0 Å². The first-order chi connectivity index (χ1) is 5.59. The molecule has 0 radical (unpaired) electrons. The molecule has 0 bridgehead atoms. The van der Waals surface area contributed by atoms with Gasteiger partial charge < -0.3 is 10.2 Å². The molecule has 0 fully saturated rings. The topological polar surface area (TPSA) is 57.5 Å². The van der Waals surface area contributed by atoms with Gasteiger partial charge in [0.25, 0.3) is 0 Å². The zero-order chi connectivity index (χ0) is 9.14. The third-order valence-electron chi connectivity index (χ3n) is 1.34. The Morgan fingerprint density at radius 3 is 2.83 bits per heavy atom. The first-order valence-corrected chi connectivity index (χ1v) is 4.49. The average Bonchev–Trinajstić information content (AvgIpc) is 2.35. The predicted molar refractivity (Wildman–Crippen MR) is 46.7 cm³/mol. The summed E-state index contributed by atoms with van der Waals surface area (Å²) in [6.45, 7) is 0. The Morgan fingerprint density at radius 2 is 2.42 bits per heavy atom. The number of thiophene rings is 1. The van der Waals surface area contributed by atoms with Crippen molar-refractivity contribution in [1.29, 1.82) is 0 Å². The van der Waals surface area contributed by atoms with Gasteiger partial charge in [-0.05, 0) is 17.0 Å². The molecule has 1 unspecified atom stereocenters. The van der Waals surface area contributed by atoms with Gasteiger partial charge in [0.15, 0.2) is 6.10 Å². The Kier molecular flexibility index (Phi) is 3.08. The fourth-order valence-corrected chi connectivity index (χ4v) is 1.68. The molecule has 0 saturated heterocycles. The van der Waals surface area contributed by atoms with Crippen molar-refractivity contribution in [2.24, 2.45) is 0 Å². The minimum atomic E-state index is -1.34. The third-order valence-corrected chi connectivity index (χ3v) is 2.48. The van der Waals surface area contributed by atoms with Crippen LogP contribution < -0.4 is 0 Å². The van der Waals surface area contributed by atoms with Crippen LogP contribution in [-0.4, -0.2) is 22.3 Å². The highest BCUT2D eigenvalue weighted by Gasteiger charge is 2.14. The van der Waals surface area contributed by atoms with Gasteiger partial charge in [0.2, 0.25) is 0 Å². The number of aliphatic hydroxyl groups is 1. The highest BCUT2D eigenvalue weighted by Crippen LogP contribution is 2.20. The van der Waals surface area contributed by atoms with Crippen molar-refractivity contribution in [3.05, 3.63) is 21.3 Å². The van der Waals surface area contributed by atoms with Gasteiger partial charge >= 0.3 is 5.97 Å². The normalized spacial score (nSPS) is 12.8. The van der Waals surface area contributed by atoms with E-state index in [9.17, 15) is 4.79 Å². The van der Waals surface area contributed by atoms with Gasteiger partial charge in [0.1, 0.15) is 0 Å². The summed E-state index contributed by atoms with van der Waals surface area (Å²) >= 11 is 6.93. The molecule has 2 N–H and O–H groups in total. The molecule has 12 heavy (non-hydrogen) atoms. The summed E-state index contributed by atoms with van der Waals surface area (Å²) in [5, 5.41) is 19.1. The van der Waals surface area contributed by atoms with Gasteiger partial charge in [-0.2, -0.15) is 0 Å². The van der Waals surface area contributed by atoms with E-state index in [1.807, 2.05) is 0 Å². The Morgan fingerprint density at radius 1 is 1.75 bits per heavy atom. The van der Waals surface area contributed by atoms with Crippen molar-refractivity contribution in [1.82, 2.24) is 0 Å². The molecule has 1 aromatic heterocycles. The minimum absolute atomic E-state index is 0.110. The number of hydrogen-bond acceptors (Lipinski definition) is 3. The molecule has 0 amide bonds. The number of carbonyl (C=O) groups is 1. The highest BCUT2D eigenvalue weighted by atomic mass is 35.5. The van der Waals surface area contributed by atoms with Crippen LogP contribution >= 0.6 is 22.9 Å². The largest absolute Gasteiger partial charge is 0.479 e. The molecule has 1 rings (SSSR count). The van der Waals surface area contributed by atoms with Crippen LogP contribution in [0.4, 0.5) is 0 Å². The molecule has 1 aromatic rings. The van der Waals surface area contributed by atoms with Gasteiger partial charge in [-0.25, -0.2) is 4.79 Å². The van der Waals surface area contributed by atoms with Crippen LogP contribution in [0.5, 0.6) is 0 Å². The van der Waals surface area contributed by atoms with Crippen LogP contribution in [0.25, 0.3) is 0 Å². The van der Waals surface area contributed by atoms with Crippen LogP contribution in [0.3, 0.4) is 0 Å². The van der Waals surface area contributed by atoms with Crippen LogP contribution in [0.2, 0.25) is 4.34 Å². The van der Waals surface area contributed by atoms with Crippen LogP contribution in [0.1, 0.15) is 5.56 Å². The molecular formula is C7H7ClO3S. The standard InChI is InChI=1S/C7H7ClO3S/c8-6-2-4(3-12-6)1-5(9)7(10)11/h2-3,5,9H,1H2,(H,10,11). The predicted octanol–water partition coefficient (Wildman–Crippen LogP) is 1.39. The lowest BCUT2D eigenvalue weighted by atomic mass is 10.1. The first-order valence-electron chi connectivity index (χ1n) is 3.23. The monoisotopic (exact) mass is 206 g/mol. The van der Waals surface area contributed by atoms with E-state index in [0.717, 1.165) is 5.56 Å². The zero-order valence-electron chi connectivity index (χ0n) is 6.03. The number of hydrogen-bond donors (Lipinski definition) is 2. The van der Waals surface area contributed by atoms with Crippen molar-refractivity contribution in [2.45, 2.75) is 12.5 Å². The maximum atomic E-state index is 10.2. The summed E-state index contributed by atoms with van der Waals surface area (Å²) in [6, 6.07) is 1.65. The van der Waals surface area contributed by atoms with Crippen LogP contribution in [0, 0.1) is 0 Å². The Hall–Kier alpha value is -0.580. The van der Waals surface area contributed by atoms with E-state index in [1.54, 1.807) is 11.4 Å². The maximum absolute atomic E-state index is 10.2. The molecule has 0 aromatic carbocycles. The number of rotatable bonds is 3. The fourth-order valence-electron chi connectivity index (χ4n) is 0.763. The molecular weight excluding hydrogens is 200 g/mol. The summed E-state index contributed by atoms with van der Waals surface area (Å²) in [5.41, 5.74) is 0.750. The first kappa shape index (κ1) is 9.51. The number of aliphatic hydroxyl groups excluding tert-OH is 1. The lowest BCUT2D eigenvalue weighted by Gasteiger charge is -2.01. The van der Waals surface area contributed by atoms with E-state index in [0.29, 0.717) is 4.34 Å². The second-order valence-electron chi connectivity index (χ2n) is 2.32. The second-order valence-corrected chi connectivity index (χ2v) is 3.86. The van der Waals surface area contributed by atoms with E-state index < -0.39 is 12.1 Å². The molecule has 66 valence electrons. The maximum Gasteiger partial charge on any atom is 0.332 e. The molecule has 0 aliphatic carbocycles. The second kappa shape index (κ2) is 3.89. The molecule has 0 saturated carbocycles. The SMILES string of the molecule is O=C(O)C(O)Cc1csc(Cl)c1. The number of aliphatic carboxylic acids is 1.